The van der Waals surface area contributed by atoms with Crippen LogP contribution in [0.2, 0.25) is 0 Å². The van der Waals surface area contributed by atoms with E-state index < -0.39 is 0 Å². The van der Waals surface area contributed by atoms with Crippen molar-refractivity contribution in [3.63, 3.8) is 0 Å². The number of rotatable bonds is 2. The van der Waals surface area contributed by atoms with Gasteiger partial charge in [0.1, 0.15) is 0 Å². The van der Waals surface area contributed by atoms with Crippen LogP contribution in [0.25, 0.3) is 0 Å². The van der Waals surface area contributed by atoms with E-state index in [-0.39, 0.29) is 0 Å². The number of nitrogens with zero attached hydrogens (tertiary/aromatic N) is 2. The summed E-state index contributed by atoms with van der Waals surface area (Å²) in [6, 6.07) is 0.572. The van der Waals surface area contributed by atoms with Crippen molar-refractivity contribution in [2.75, 3.05) is 27.2 Å². The third-order valence-electron chi connectivity index (χ3n) is 2.67. The molecule has 0 radical (unpaired) electrons. The van der Waals surface area contributed by atoms with Crippen molar-refractivity contribution < 1.29 is 0 Å². The van der Waals surface area contributed by atoms with Crippen LogP contribution >= 0.6 is 0 Å². The van der Waals surface area contributed by atoms with E-state index in [1.165, 1.54) is 13.0 Å². The Hall–Kier alpha value is -0.570. The molecule has 12 heavy (non-hydrogen) atoms. The summed E-state index contributed by atoms with van der Waals surface area (Å²) >= 11 is 0. The Morgan fingerprint density at radius 1 is 1.67 bits per heavy atom. The standard InChI is InChI=1S/C9H19N3/c1-4-9(10)12(3)8-5-6-11(2)7-8/h8,10H,4-7H2,1-3H3. The smallest absolute Gasteiger partial charge is 0.0955 e. The molecule has 0 saturated carbocycles. The van der Waals surface area contributed by atoms with Gasteiger partial charge in [0.05, 0.1) is 5.84 Å². The zero-order valence-corrected chi connectivity index (χ0v) is 8.30. The van der Waals surface area contributed by atoms with Gasteiger partial charge in [-0.05, 0) is 20.0 Å². The molecule has 0 bridgehead atoms. The molecule has 0 aromatic heterocycles. The van der Waals surface area contributed by atoms with Crippen molar-refractivity contribution in [1.29, 1.82) is 5.41 Å². The van der Waals surface area contributed by atoms with Crippen LogP contribution in [0.15, 0.2) is 0 Å². The summed E-state index contributed by atoms with van der Waals surface area (Å²) in [4.78, 5) is 4.44. The van der Waals surface area contributed by atoms with Crippen LogP contribution in [0.5, 0.6) is 0 Å². The van der Waals surface area contributed by atoms with Gasteiger partial charge in [-0.3, -0.25) is 5.41 Å². The first kappa shape index (κ1) is 9.52. The number of likely N-dealkylation sites (N-methyl/N-ethyl adjacent to an activating group) is 2. The lowest BCUT2D eigenvalue weighted by molar-refractivity contribution is 0.337. The van der Waals surface area contributed by atoms with E-state index in [0.717, 1.165) is 18.8 Å². The normalized spacial score (nSPS) is 24.4. The Kier molecular flexibility index (Phi) is 3.09. The minimum Gasteiger partial charge on any atom is -0.359 e. The number of nitrogens with one attached hydrogen (secondary N) is 1. The van der Waals surface area contributed by atoms with Crippen LogP contribution in [-0.2, 0) is 0 Å². The fourth-order valence-corrected chi connectivity index (χ4v) is 1.70. The molecule has 1 rings (SSSR count). The molecule has 0 aromatic carbocycles. The van der Waals surface area contributed by atoms with E-state index >= 15 is 0 Å². The molecule has 1 saturated heterocycles. The van der Waals surface area contributed by atoms with Gasteiger partial charge in [-0.15, -0.1) is 0 Å². The van der Waals surface area contributed by atoms with Crippen LogP contribution in [0.4, 0.5) is 0 Å². The lowest BCUT2D eigenvalue weighted by Crippen LogP contribution is -2.37. The molecule has 3 heteroatoms. The molecule has 0 aromatic rings. The molecular formula is C9H19N3. The number of hydrogen-bond donors (Lipinski definition) is 1. The second-order valence-electron chi connectivity index (χ2n) is 3.62. The van der Waals surface area contributed by atoms with E-state index in [1.807, 2.05) is 14.0 Å². The van der Waals surface area contributed by atoms with Gasteiger partial charge in [-0.1, -0.05) is 6.92 Å². The van der Waals surface area contributed by atoms with E-state index in [0.29, 0.717) is 6.04 Å². The predicted molar refractivity (Wildman–Crippen MR) is 51.7 cm³/mol. The Morgan fingerprint density at radius 2 is 2.33 bits per heavy atom. The first-order valence-electron chi connectivity index (χ1n) is 4.64. The first-order chi connectivity index (χ1) is 5.65. The quantitative estimate of drug-likeness (QED) is 0.494. The highest BCUT2D eigenvalue weighted by molar-refractivity contribution is 5.78. The molecule has 0 aliphatic carbocycles. The molecular weight excluding hydrogens is 150 g/mol. The summed E-state index contributed by atoms with van der Waals surface area (Å²) in [5.74, 6) is 0.760. The van der Waals surface area contributed by atoms with Crippen LogP contribution < -0.4 is 0 Å². The molecule has 3 nitrogen and oxygen atoms in total. The molecule has 1 unspecified atom stereocenters. The molecule has 1 heterocycles. The van der Waals surface area contributed by atoms with Crippen molar-refractivity contribution >= 4 is 5.84 Å². The lowest BCUT2D eigenvalue weighted by Gasteiger charge is -2.26. The van der Waals surface area contributed by atoms with Gasteiger partial charge in [0.2, 0.25) is 0 Å². The molecule has 1 aliphatic rings. The largest absolute Gasteiger partial charge is 0.359 e. The molecule has 1 fully saturated rings. The molecule has 1 N–H and O–H groups in total. The monoisotopic (exact) mass is 169 g/mol. The van der Waals surface area contributed by atoms with Gasteiger partial charge in [-0.2, -0.15) is 0 Å². The van der Waals surface area contributed by atoms with E-state index in [2.05, 4.69) is 16.8 Å². The van der Waals surface area contributed by atoms with Crippen LogP contribution in [-0.4, -0.2) is 48.9 Å². The fourth-order valence-electron chi connectivity index (χ4n) is 1.70. The maximum absolute atomic E-state index is 7.68. The van der Waals surface area contributed by atoms with Crippen molar-refractivity contribution in [1.82, 2.24) is 9.80 Å². The van der Waals surface area contributed by atoms with Gasteiger partial charge in [0, 0.05) is 26.1 Å². The highest BCUT2D eigenvalue weighted by Crippen LogP contribution is 2.12. The zero-order valence-electron chi connectivity index (χ0n) is 8.30. The minimum atomic E-state index is 0.572. The SMILES string of the molecule is CCC(=N)N(C)C1CCN(C)C1. The lowest BCUT2D eigenvalue weighted by atomic mass is 10.2. The summed E-state index contributed by atoms with van der Waals surface area (Å²) in [5.41, 5.74) is 0. The third kappa shape index (κ3) is 1.97. The Bertz CT molecular complexity index is 167. The Balaban J connectivity index is 2.42. The average molecular weight is 169 g/mol. The van der Waals surface area contributed by atoms with Crippen molar-refractivity contribution in [2.45, 2.75) is 25.8 Å². The van der Waals surface area contributed by atoms with Crippen molar-refractivity contribution in [2.24, 2.45) is 0 Å². The van der Waals surface area contributed by atoms with E-state index in [4.69, 9.17) is 5.41 Å². The van der Waals surface area contributed by atoms with Gasteiger partial charge in [-0.25, -0.2) is 0 Å². The first-order valence-corrected chi connectivity index (χ1v) is 4.64. The van der Waals surface area contributed by atoms with Crippen LogP contribution in [0, 0.1) is 5.41 Å². The Morgan fingerprint density at radius 3 is 2.75 bits per heavy atom. The maximum atomic E-state index is 7.68. The summed E-state index contributed by atoms with van der Waals surface area (Å²) < 4.78 is 0. The second-order valence-corrected chi connectivity index (χ2v) is 3.62. The van der Waals surface area contributed by atoms with Crippen molar-refractivity contribution in [3.8, 4) is 0 Å². The third-order valence-corrected chi connectivity index (χ3v) is 2.67. The molecule has 70 valence electrons. The van der Waals surface area contributed by atoms with E-state index in [1.54, 1.807) is 0 Å². The summed E-state index contributed by atoms with van der Waals surface area (Å²) in [7, 11) is 4.18. The van der Waals surface area contributed by atoms with E-state index in [9.17, 15) is 0 Å². The Labute approximate surface area is 74.9 Å². The van der Waals surface area contributed by atoms with Gasteiger partial charge in [0.25, 0.3) is 0 Å². The minimum absolute atomic E-state index is 0.572. The summed E-state index contributed by atoms with van der Waals surface area (Å²) in [6.07, 6.45) is 2.05. The molecule has 1 aliphatic heterocycles. The maximum Gasteiger partial charge on any atom is 0.0955 e. The topological polar surface area (TPSA) is 30.3 Å². The second kappa shape index (κ2) is 3.90. The fraction of sp³-hybridized carbons (Fsp3) is 0.889. The highest BCUT2D eigenvalue weighted by atomic mass is 15.2. The zero-order chi connectivity index (χ0) is 9.14. The van der Waals surface area contributed by atoms with Gasteiger partial charge in [0.15, 0.2) is 0 Å². The predicted octanol–water partition coefficient (Wildman–Crippen LogP) is 1.01. The van der Waals surface area contributed by atoms with Gasteiger partial charge < -0.3 is 9.80 Å². The number of likely N-dealkylation sites (tertiary alicyclic amines) is 1. The molecule has 0 amide bonds. The van der Waals surface area contributed by atoms with Crippen LogP contribution in [0.3, 0.4) is 0 Å². The number of amidine groups is 1. The summed E-state index contributed by atoms with van der Waals surface area (Å²) in [5, 5.41) is 7.68. The van der Waals surface area contributed by atoms with Gasteiger partial charge >= 0.3 is 0 Å². The average Bonchev–Trinajstić information content (AvgIpc) is 2.49. The molecule has 1 atom stereocenters. The van der Waals surface area contributed by atoms with Crippen LogP contribution in [0.1, 0.15) is 19.8 Å². The summed E-state index contributed by atoms with van der Waals surface area (Å²) in [6.45, 7) is 4.32. The number of hydrogen-bond acceptors (Lipinski definition) is 2. The highest BCUT2D eigenvalue weighted by Gasteiger charge is 2.23. The van der Waals surface area contributed by atoms with Crippen molar-refractivity contribution in [3.05, 3.63) is 0 Å². The molecule has 0 spiro atoms.